The molecule has 1 aromatic carbocycles. The van der Waals surface area contributed by atoms with Crippen molar-refractivity contribution in [2.75, 3.05) is 32.6 Å². The van der Waals surface area contributed by atoms with Crippen molar-refractivity contribution in [2.45, 2.75) is 31.8 Å². The Kier molecular flexibility index (Phi) is 8.19. The summed E-state index contributed by atoms with van der Waals surface area (Å²) >= 11 is 1.89. The molecule has 0 amide bonds. The SMILES string of the molecule is CNC(CCN(C)C(C)CCSC)c1cccc(F)c1. The van der Waals surface area contributed by atoms with E-state index in [9.17, 15) is 4.39 Å². The third-order valence-electron chi connectivity index (χ3n) is 3.86. The Labute approximate surface area is 127 Å². The van der Waals surface area contributed by atoms with Crippen LogP contribution in [0.2, 0.25) is 0 Å². The van der Waals surface area contributed by atoms with E-state index in [0.717, 1.165) is 18.5 Å². The smallest absolute Gasteiger partial charge is 0.123 e. The molecule has 0 aliphatic heterocycles. The summed E-state index contributed by atoms with van der Waals surface area (Å²) in [6.45, 7) is 3.28. The summed E-state index contributed by atoms with van der Waals surface area (Å²) in [4.78, 5) is 2.39. The van der Waals surface area contributed by atoms with E-state index >= 15 is 0 Å². The summed E-state index contributed by atoms with van der Waals surface area (Å²) in [6.07, 6.45) is 4.34. The van der Waals surface area contributed by atoms with Gasteiger partial charge in [0.2, 0.25) is 0 Å². The fraction of sp³-hybridized carbons (Fsp3) is 0.625. The first-order chi connectivity index (χ1) is 9.58. The zero-order chi connectivity index (χ0) is 15.0. The van der Waals surface area contributed by atoms with Gasteiger partial charge in [-0.05, 0) is 70.1 Å². The van der Waals surface area contributed by atoms with E-state index in [1.54, 1.807) is 12.1 Å². The van der Waals surface area contributed by atoms with Crippen molar-refractivity contribution < 1.29 is 4.39 Å². The van der Waals surface area contributed by atoms with E-state index in [1.807, 2.05) is 24.9 Å². The zero-order valence-electron chi connectivity index (χ0n) is 13.0. The van der Waals surface area contributed by atoms with Gasteiger partial charge in [0, 0.05) is 12.1 Å². The lowest BCUT2D eigenvalue weighted by atomic mass is 10.0. The first kappa shape index (κ1) is 17.5. The van der Waals surface area contributed by atoms with Crippen LogP contribution in [0.1, 0.15) is 31.4 Å². The number of hydrogen-bond donors (Lipinski definition) is 1. The fourth-order valence-corrected chi connectivity index (χ4v) is 2.84. The lowest BCUT2D eigenvalue weighted by molar-refractivity contribution is 0.240. The van der Waals surface area contributed by atoms with Gasteiger partial charge in [-0.1, -0.05) is 12.1 Å². The van der Waals surface area contributed by atoms with E-state index in [0.29, 0.717) is 6.04 Å². The Hall–Kier alpha value is -0.580. The number of nitrogens with zero attached hydrogens (tertiary/aromatic N) is 1. The molecule has 0 aliphatic rings. The molecule has 0 aromatic heterocycles. The van der Waals surface area contributed by atoms with Crippen molar-refractivity contribution in [1.29, 1.82) is 0 Å². The molecule has 0 spiro atoms. The lowest BCUT2D eigenvalue weighted by Crippen LogP contribution is -2.32. The summed E-state index contributed by atoms with van der Waals surface area (Å²) in [5, 5.41) is 3.29. The summed E-state index contributed by atoms with van der Waals surface area (Å²) in [5.74, 6) is 1.04. The van der Waals surface area contributed by atoms with Crippen LogP contribution in [-0.2, 0) is 0 Å². The highest BCUT2D eigenvalue weighted by molar-refractivity contribution is 7.98. The molecule has 20 heavy (non-hydrogen) atoms. The van der Waals surface area contributed by atoms with Crippen LogP contribution in [0, 0.1) is 5.82 Å². The van der Waals surface area contributed by atoms with E-state index in [1.165, 1.54) is 18.2 Å². The molecule has 0 radical (unpaired) electrons. The number of halogens is 1. The predicted molar refractivity (Wildman–Crippen MR) is 87.9 cm³/mol. The summed E-state index contributed by atoms with van der Waals surface area (Å²) in [7, 11) is 4.11. The van der Waals surface area contributed by atoms with Crippen LogP contribution < -0.4 is 5.32 Å². The molecule has 1 rings (SSSR count). The third kappa shape index (κ3) is 5.81. The standard InChI is InChI=1S/C16H27FN2S/c1-13(9-11-20-4)19(3)10-8-16(18-2)14-6-5-7-15(17)12-14/h5-7,12-13,16,18H,8-11H2,1-4H3. The quantitative estimate of drug-likeness (QED) is 0.750. The molecule has 2 unspecified atom stereocenters. The van der Waals surface area contributed by atoms with Gasteiger partial charge in [0.15, 0.2) is 0 Å². The monoisotopic (exact) mass is 298 g/mol. The summed E-state index contributed by atoms with van der Waals surface area (Å²) in [5.41, 5.74) is 1.03. The Balaban J connectivity index is 2.49. The molecule has 0 aliphatic carbocycles. The highest BCUT2D eigenvalue weighted by Crippen LogP contribution is 2.18. The van der Waals surface area contributed by atoms with Gasteiger partial charge in [-0.15, -0.1) is 0 Å². The summed E-state index contributed by atoms with van der Waals surface area (Å²) in [6, 6.07) is 7.68. The van der Waals surface area contributed by atoms with E-state index in [-0.39, 0.29) is 11.9 Å². The van der Waals surface area contributed by atoms with Crippen LogP contribution >= 0.6 is 11.8 Å². The van der Waals surface area contributed by atoms with Crippen LogP contribution in [0.4, 0.5) is 4.39 Å². The maximum Gasteiger partial charge on any atom is 0.123 e. The van der Waals surface area contributed by atoms with Crippen LogP contribution in [0.15, 0.2) is 24.3 Å². The predicted octanol–water partition coefficient (Wildman–Crippen LogP) is 3.55. The Morgan fingerprint density at radius 1 is 1.35 bits per heavy atom. The second-order valence-electron chi connectivity index (χ2n) is 5.30. The molecular weight excluding hydrogens is 271 g/mol. The average Bonchev–Trinajstić information content (AvgIpc) is 2.45. The zero-order valence-corrected chi connectivity index (χ0v) is 13.8. The topological polar surface area (TPSA) is 15.3 Å². The first-order valence-corrected chi connectivity index (χ1v) is 8.59. The van der Waals surface area contributed by atoms with Crippen LogP contribution in [0.5, 0.6) is 0 Å². The van der Waals surface area contributed by atoms with Crippen LogP contribution in [0.3, 0.4) is 0 Å². The second kappa shape index (κ2) is 9.37. The normalized spacial score (nSPS) is 14.5. The molecule has 4 heteroatoms. The molecule has 2 atom stereocenters. The van der Waals surface area contributed by atoms with Crippen molar-refractivity contribution in [1.82, 2.24) is 10.2 Å². The van der Waals surface area contributed by atoms with Crippen molar-refractivity contribution >= 4 is 11.8 Å². The van der Waals surface area contributed by atoms with Crippen molar-refractivity contribution in [3.05, 3.63) is 35.6 Å². The average molecular weight is 298 g/mol. The van der Waals surface area contributed by atoms with Crippen molar-refractivity contribution in [3.8, 4) is 0 Å². The van der Waals surface area contributed by atoms with Gasteiger partial charge in [-0.2, -0.15) is 11.8 Å². The van der Waals surface area contributed by atoms with Crippen molar-refractivity contribution in [3.63, 3.8) is 0 Å². The number of benzene rings is 1. The lowest BCUT2D eigenvalue weighted by Gasteiger charge is -2.27. The third-order valence-corrected chi connectivity index (χ3v) is 4.51. The molecule has 0 fully saturated rings. The van der Waals surface area contributed by atoms with Gasteiger partial charge in [-0.3, -0.25) is 0 Å². The Morgan fingerprint density at radius 3 is 2.70 bits per heavy atom. The largest absolute Gasteiger partial charge is 0.313 e. The molecule has 1 N–H and O–H groups in total. The van der Waals surface area contributed by atoms with Gasteiger partial charge in [-0.25, -0.2) is 4.39 Å². The van der Waals surface area contributed by atoms with Gasteiger partial charge in [0.25, 0.3) is 0 Å². The van der Waals surface area contributed by atoms with Gasteiger partial charge >= 0.3 is 0 Å². The maximum absolute atomic E-state index is 13.3. The van der Waals surface area contributed by atoms with Crippen LogP contribution in [-0.4, -0.2) is 43.6 Å². The first-order valence-electron chi connectivity index (χ1n) is 7.20. The molecule has 0 saturated heterocycles. The van der Waals surface area contributed by atoms with Crippen LogP contribution in [0.25, 0.3) is 0 Å². The van der Waals surface area contributed by atoms with Gasteiger partial charge in [0.05, 0.1) is 0 Å². The molecule has 1 aromatic rings. The van der Waals surface area contributed by atoms with E-state index in [2.05, 4.69) is 30.4 Å². The highest BCUT2D eigenvalue weighted by atomic mass is 32.2. The fourth-order valence-electron chi connectivity index (χ4n) is 2.26. The Morgan fingerprint density at radius 2 is 2.10 bits per heavy atom. The Bertz CT molecular complexity index is 386. The molecule has 0 bridgehead atoms. The van der Waals surface area contributed by atoms with E-state index in [4.69, 9.17) is 0 Å². The summed E-state index contributed by atoms with van der Waals surface area (Å²) < 4.78 is 13.3. The minimum absolute atomic E-state index is 0.163. The minimum atomic E-state index is -0.163. The number of hydrogen-bond acceptors (Lipinski definition) is 3. The number of nitrogens with one attached hydrogen (secondary N) is 1. The number of thioether (sulfide) groups is 1. The second-order valence-corrected chi connectivity index (χ2v) is 6.28. The van der Waals surface area contributed by atoms with E-state index < -0.39 is 0 Å². The minimum Gasteiger partial charge on any atom is -0.313 e. The number of rotatable bonds is 9. The molecule has 2 nitrogen and oxygen atoms in total. The molecular formula is C16H27FN2S. The molecule has 0 saturated carbocycles. The molecule has 0 heterocycles. The highest BCUT2D eigenvalue weighted by Gasteiger charge is 2.13. The van der Waals surface area contributed by atoms with Gasteiger partial charge < -0.3 is 10.2 Å². The van der Waals surface area contributed by atoms with Crippen molar-refractivity contribution in [2.24, 2.45) is 0 Å². The maximum atomic E-state index is 13.3. The molecule has 114 valence electrons. The van der Waals surface area contributed by atoms with Gasteiger partial charge in [0.1, 0.15) is 5.82 Å².